The van der Waals surface area contributed by atoms with E-state index in [0.717, 1.165) is 16.9 Å². The number of carbonyl (C=O) groups is 1. The van der Waals surface area contributed by atoms with Gasteiger partial charge in [-0.25, -0.2) is 9.78 Å². The molecule has 0 saturated carbocycles. The summed E-state index contributed by atoms with van der Waals surface area (Å²) in [5.74, 6) is 0. The van der Waals surface area contributed by atoms with Crippen LogP contribution >= 0.6 is 0 Å². The normalized spacial score (nSPS) is 13.4. The Bertz CT molecular complexity index is 810. The number of fused-ring (bicyclic) bond motifs is 1. The second kappa shape index (κ2) is 7.36. The molecule has 1 aromatic carbocycles. The molecule has 0 aliphatic rings. The number of hydrogen-bond acceptors (Lipinski definition) is 3. The zero-order valence-corrected chi connectivity index (χ0v) is 14.1. The molecule has 3 rings (SSSR count). The smallest absolute Gasteiger partial charge is 0.314 e. The molecule has 0 aliphatic heterocycles. The predicted octanol–water partition coefficient (Wildman–Crippen LogP) is 2.08. The van der Waals surface area contributed by atoms with Gasteiger partial charge in [0.25, 0.3) is 0 Å². The van der Waals surface area contributed by atoms with Crippen LogP contribution < -0.4 is 10.6 Å². The topological polar surface area (TPSA) is 78.7 Å². The Labute approximate surface area is 146 Å². The highest BCUT2D eigenvalue weighted by atomic mass is 16.3. The third kappa shape index (κ3) is 4.36. The fraction of sp³-hybridized carbons (Fsp3) is 0.263. The number of rotatable bonds is 6. The van der Waals surface area contributed by atoms with Crippen molar-refractivity contribution in [2.45, 2.75) is 18.9 Å². The van der Waals surface area contributed by atoms with Crippen molar-refractivity contribution in [1.82, 2.24) is 20.0 Å². The van der Waals surface area contributed by atoms with Crippen molar-refractivity contribution in [3.05, 3.63) is 72.2 Å². The van der Waals surface area contributed by atoms with E-state index < -0.39 is 5.60 Å². The Kier molecular flexibility index (Phi) is 5.00. The molecular weight excluding hydrogens is 316 g/mol. The van der Waals surface area contributed by atoms with Crippen LogP contribution in [0.2, 0.25) is 0 Å². The van der Waals surface area contributed by atoms with Gasteiger partial charge in [0, 0.05) is 25.4 Å². The maximum Gasteiger partial charge on any atom is 0.314 e. The van der Waals surface area contributed by atoms with Crippen LogP contribution in [0.4, 0.5) is 4.79 Å². The Morgan fingerprint density at radius 3 is 2.68 bits per heavy atom. The Morgan fingerprint density at radius 1 is 1.16 bits per heavy atom. The summed E-state index contributed by atoms with van der Waals surface area (Å²) in [6, 6.07) is 14.8. The molecule has 2 amide bonds. The van der Waals surface area contributed by atoms with Crippen LogP contribution in [0, 0.1) is 0 Å². The SMILES string of the molecule is C[C@@](O)(CNC(=O)NCCc1cn2ccccc2n1)c1ccccc1. The highest BCUT2D eigenvalue weighted by Gasteiger charge is 2.23. The highest BCUT2D eigenvalue weighted by Crippen LogP contribution is 2.18. The van der Waals surface area contributed by atoms with Gasteiger partial charge in [-0.1, -0.05) is 36.4 Å². The lowest BCUT2D eigenvalue weighted by atomic mass is 9.96. The van der Waals surface area contributed by atoms with Gasteiger partial charge in [0.05, 0.1) is 12.2 Å². The molecule has 0 bridgehead atoms. The van der Waals surface area contributed by atoms with Gasteiger partial charge in [0.1, 0.15) is 11.2 Å². The molecule has 130 valence electrons. The number of nitrogens with one attached hydrogen (secondary N) is 2. The molecule has 3 N–H and O–H groups in total. The standard InChI is InChI=1S/C19H22N4O2/c1-19(25,15-7-3-2-4-8-15)14-21-18(24)20-11-10-16-13-23-12-6-5-9-17(23)22-16/h2-9,12-13,25H,10-11,14H2,1H3,(H2,20,21,24)/t19-/m1/s1. The first-order valence-electron chi connectivity index (χ1n) is 8.27. The van der Waals surface area contributed by atoms with Crippen molar-refractivity contribution >= 4 is 11.7 Å². The second-order valence-corrected chi connectivity index (χ2v) is 6.20. The average molecular weight is 338 g/mol. The van der Waals surface area contributed by atoms with E-state index in [1.54, 1.807) is 6.92 Å². The summed E-state index contributed by atoms with van der Waals surface area (Å²) in [6.07, 6.45) is 4.54. The maximum atomic E-state index is 11.9. The zero-order chi connectivity index (χ0) is 17.7. The van der Waals surface area contributed by atoms with Crippen LogP contribution in [0.25, 0.3) is 5.65 Å². The number of nitrogens with zero attached hydrogens (tertiary/aromatic N) is 2. The van der Waals surface area contributed by atoms with Crippen LogP contribution in [0.1, 0.15) is 18.2 Å². The van der Waals surface area contributed by atoms with Crippen LogP contribution in [0.3, 0.4) is 0 Å². The summed E-state index contributed by atoms with van der Waals surface area (Å²) in [7, 11) is 0. The second-order valence-electron chi connectivity index (χ2n) is 6.20. The third-order valence-corrected chi connectivity index (χ3v) is 4.07. The number of imidazole rings is 1. The quantitative estimate of drug-likeness (QED) is 0.644. The van der Waals surface area contributed by atoms with Crippen LogP contribution in [0.15, 0.2) is 60.9 Å². The number of carbonyl (C=O) groups excluding carboxylic acids is 1. The fourth-order valence-corrected chi connectivity index (χ4v) is 2.63. The summed E-state index contributed by atoms with van der Waals surface area (Å²) < 4.78 is 1.95. The van der Waals surface area contributed by atoms with E-state index >= 15 is 0 Å². The van der Waals surface area contributed by atoms with Gasteiger partial charge < -0.3 is 20.1 Å². The van der Waals surface area contributed by atoms with Crippen LogP contribution in [-0.2, 0) is 12.0 Å². The summed E-state index contributed by atoms with van der Waals surface area (Å²) in [5, 5.41) is 16.0. The van der Waals surface area contributed by atoms with Crippen molar-refractivity contribution in [2.75, 3.05) is 13.1 Å². The average Bonchev–Trinajstić information content (AvgIpc) is 3.03. The minimum atomic E-state index is -1.11. The van der Waals surface area contributed by atoms with Crippen molar-refractivity contribution in [1.29, 1.82) is 0 Å². The lowest BCUT2D eigenvalue weighted by Gasteiger charge is -2.24. The monoisotopic (exact) mass is 338 g/mol. The lowest BCUT2D eigenvalue weighted by Crippen LogP contribution is -2.43. The number of hydrogen-bond donors (Lipinski definition) is 3. The molecule has 3 aromatic rings. The van der Waals surface area contributed by atoms with Gasteiger partial charge >= 0.3 is 6.03 Å². The van der Waals surface area contributed by atoms with E-state index in [9.17, 15) is 9.90 Å². The van der Waals surface area contributed by atoms with Gasteiger partial charge in [-0.3, -0.25) is 0 Å². The number of pyridine rings is 1. The van der Waals surface area contributed by atoms with E-state index in [2.05, 4.69) is 15.6 Å². The summed E-state index contributed by atoms with van der Waals surface area (Å²) in [5.41, 5.74) is 1.46. The minimum absolute atomic E-state index is 0.136. The number of urea groups is 1. The zero-order valence-electron chi connectivity index (χ0n) is 14.1. The van der Waals surface area contributed by atoms with E-state index in [1.807, 2.05) is 65.3 Å². The van der Waals surface area contributed by atoms with Gasteiger partial charge in [-0.2, -0.15) is 0 Å². The van der Waals surface area contributed by atoms with Crippen molar-refractivity contribution in [2.24, 2.45) is 0 Å². The number of amides is 2. The Hall–Kier alpha value is -2.86. The van der Waals surface area contributed by atoms with E-state index in [-0.39, 0.29) is 12.6 Å². The van der Waals surface area contributed by atoms with Crippen LogP contribution in [-0.4, -0.2) is 33.6 Å². The molecule has 6 nitrogen and oxygen atoms in total. The van der Waals surface area contributed by atoms with Crippen molar-refractivity contribution in [3.8, 4) is 0 Å². The lowest BCUT2D eigenvalue weighted by molar-refractivity contribution is 0.0594. The summed E-state index contributed by atoms with van der Waals surface area (Å²) >= 11 is 0. The largest absolute Gasteiger partial charge is 0.384 e. The molecule has 6 heteroatoms. The van der Waals surface area contributed by atoms with E-state index in [1.165, 1.54) is 0 Å². The predicted molar refractivity (Wildman–Crippen MR) is 96.3 cm³/mol. The fourth-order valence-electron chi connectivity index (χ4n) is 2.63. The van der Waals surface area contributed by atoms with E-state index in [0.29, 0.717) is 13.0 Å². The molecule has 0 saturated heterocycles. The van der Waals surface area contributed by atoms with Gasteiger partial charge in [-0.05, 0) is 24.6 Å². The number of aliphatic hydroxyl groups is 1. The molecule has 2 aromatic heterocycles. The Balaban J connectivity index is 1.45. The summed E-state index contributed by atoms with van der Waals surface area (Å²) in [4.78, 5) is 16.4. The first kappa shape index (κ1) is 17.0. The molecule has 1 atom stereocenters. The number of aromatic nitrogens is 2. The van der Waals surface area contributed by atoms with Gasteiger partial charge in [0.2, 0.25) is 0 Å². The van der Waals surface area contributed by atoms with Crippen molar-refractivity contribution < 1.29 is 9.90 Å². The molecule has 0 aliphatic carbocycles. The molecular formula is C19H22N4O2. The maximum absolute atomic E-state index is 11.9. The van der Waals surface area contributed by atoms with Gasteiger partial charge in [-0.15, -0.1) is 0 Å². The molecule has 0 radical (unpaired) electrons. The third-order valence-electron chi connectivity index (χ3n) is 4.07. The first-order chi connectivity index (χ1) is 12.0. The molecule has 0 spiro atoms. The minimum Gasteiger partial charge on any atom is -0.384 e. The molecule has 0 fully saturated rings. The molecule has 2 heterocycles. The highest BCUT2D eigenvalue weighted by molar-refractivity contribution is 5.73. The van der Waals surface area contributed by atoms with Crippen molar-refractivity contribution in [3.63, 3.8) is 0 Å². The number of benzene rings is 1. The first-order valence-corrected chi connectivity index (χ1v) is 8.27. The molecule has 0 unspecified atom stereocenters. The molecule has 25 heavy (non-hydrogen) atoms. The Morgan fingerprint density at radius 2 is 1.92 bits per heavy atom. The van der Waals surface area contributed by atoms with E-state index in [4.69, 9.17) is 0 Å². The van der Waals surface area contributed by atoms with Gasteiger partial charge in [0.15, 0.2) is 0 Å². The van der Waals surface area contributed by atoms with Crippen LogP contribution in [0.5, 0.6) is 0 Å². The summed E-state index contributed by atoms with van der Waals surface area (Å²) in [6.45, 7) is 2.29.